The van der Waals surface area contributed by atoms with Gasteiger partial charge in [-0.15, -0.1) is 0 Å². The molecule has 0 bridgehead atoms. The van der Waals surface area contributed by atoms with Crippen molar-refractivity contribution < 1.29 is 80.2 Å². The highest BCUT2D eigenvalue weighted by atomic mass is 31.2. The summed E-state index contributed by atoms with van der Waals surface area (Å²) in [6.45, 7) is 14.3. The Kier molecular flexibility index (Phi) is 69.6. The quantitative estimate of drug-likeness (QED) is 0.0222. The maximum atomic E-state index is 13.1. The Bertz CT molecular complexity index is 1970. The summed E-state index contributed by atoms with van der Waals surface area (Å²) in [7, 11) is -9.92. The van der Waals surface area contributed by atoms with Crippen molar-refractivity contribution in [2.75, 3.05) is 39.6 Å². The van der Waals surface area contributed by atoms with Crippen molar-refractivity contribution in [2.45, 2.75) is 440 Å². The van der Waals surface area contributed by atoms with Gasteiger partial charge in [0.05, 0.1) is 26.4 Å². The number of rotatable bonds is 79. The number of carbonyl (C=O) groups is 4. The number of phosphoric ester groups is 2. The number of carbonyl (C=O) groups excluding carboxylic acids is 4. The van der Waals surface area contributed by atoms with Crippen LogP contribution >= 0.6 is 15.6 Å². The molecule has 0 aromatic carbocycles. The average Bonchev–Trinajstić information content (AvgIpc) is 1.27. The SMILES string of the molecule is CCC(C)CCCCCCCCCCCCCCCCCCCCC(=O)O[C@H](COC(=O)CCCCCCCCCCCCCCCCC(C)C)COP(=O)(O)OCC(O)COP(=O)(O)OC[C@@H](COC(=O)CCCCCCCCCCC(C)C)OC(=O)CCCCCCCCCCC(C)C. The standard InChI is InChI=1S/C82H160O17P2/c1-9-75(8)61-53-45-37-27-23-19-14-12-10-11-13-15-21-25-29-40-48-56-64-81(86)98-77(68-92-79(84)62-54-46-38-28-24-20-17-16-18-22-26-34-42-50-58-72(2)3)70-96-100(88,89)94-66-76(83)67-95-101(90,91)97-71-78(99-82(87)65-57-49-41-33-31-36-44-52-60-74(6)7)69-93-80(85)63-55-47-39-32-30-35-43-51-59-73(4)5/h72-78,83H,9-71H2,1-8H3,(H,88,89)(H,90,91)/t75?,76?,77-,78-/m1/s1. The average molecular weight is 1480 g/mol. The number of esters is 4. The van der Waals surface area contributed by atoms with Crippen LogP contribution in [0.5, 0.6) is 0 Å². The van der Waals surface area contributed by atoms with Gasteiger partial charge in [0.25, 0.3) is 0 Å². The second kappa shape index (κ2) is 71.0. The molecule has 0 saturated carbocycles. The van der Waals surface area contributed by atoms with E-state index < -0.39 is 97.5 Å². The van der Waals surface area contributed by atoms with Crippen molar-refractivity contribution in [3.8, 4) is 0 Å². The first-order valence-corrected chi connectivity index (χ1v) is 45.2. The summed E-state index contributed by atoms with van der Waals surface area (Å²) in [4.78, 5) is 73.0. The van der Waals surface area contributed by atoms with E-state index in [1.54, 1.807) is 0 Å². The van der Waals surface area contributed by atoms with Crippen LogP contribution in [0.25, 0.3) is 0 Å². The van der Waals surface area contributed by atoms with Crippen LogP contribution in [-0.2, 0) is 65.4 Å². The van der Waals surface area contributed by atoms with Gasteiger partial charge in [-0.1, -0.05) is 370 Å². The molecule has 3 N–H and O–H groups in total. The molecule has 19 heteroatoms. The van der Waals surface area contributed by atoms with Crippen molar-refractivity contribution in [2.24, 2.45) is 23.7 Å². The lowest BCUT2D eigenvalue weighted by atomic mass is 9.99. The summed E-state index contributed by atoms with van der Waals surface area (Å²) < 4.78 is 68.7. The Balaban J connectivity index is 5.21. The number of aliphatic hydroxyl groups is 1. The van der Waals surface area contributed by atoms with Gasteiger partial charge in [-0.25, -0.2) is 9.13 Å². The van der Waals surface area contributed by atoms with Gasteiger partial charge in [0, 0.05) is 25.7 Å². The number of phosphoric acid groups is 2. The zero-order chi connectivity index (χ0) is 74.6. The maximum absolute atomic E-state index is 13.1. The Morgan fingerprint density at radius 1 is 0.277 bits per heavy atom. The molecule has 0 aliphatic rings. The zero-order valence-corrected chi connectivity index (χ0v) is 68.3. The lowest BCUT2D eigenvalue weighted by Crippen LogP contribution is -2.30. The number of aliphatic hydroxyl groups excluding tert-OH is 1. The molecule has 4 unspecified atom stereocenters. The first-order chi connectivity index (χ1) is 48.6. The summed E-state index contributed by atoms with van der Waals surface area (Å²) in [5, 5.41) is 10.6. The van der Waals surface area contributed by atoms with Crippen LogP contribution in [0.4, 0.5) is 0 Å². The fraction of sp³-hybridized carbons (Fsp3) is 0.951. The van der Waals surface area contributed by atoms with Crippen LogP contribution in [-0.4, -0.2) is 96.7 Å². The van der Waals surface area contributed by atoms with E-state index in [-0.39, 0.29) is 25.7 Å². The minimum Gasteiger partial charge on any atom is -0.462 e. The molecule has 0 spiro atoms. The van der Waals surface area contributed by atoms with Gasteiger partial charge >= 0.3 is 39.5 Å². The van der Waals surface area contributed by atoms with E-state index in [2.05, 4.69) is 55.4 Å². The monoisotopic (exact) mass is 1480 g/mol. The fourth-order valence-corrected chi connectivity index (χ4v) is 14.2. The van der Waals surface area contributed by atoms with Gasteiger partial charge in [-0.2, -0.15) is 0 Å². The highest BCUT2D eigenvalue weighted by Crippen LogP contribution is 2.45. The third-order valence-electron chi connectivity index (χ3n) is 19.4. The summed E-state index contributed by atoms with van der Waals surface area (Å²) in [6, 6.07) is 0. The highest BCUT2D eigenvalue weighted by molar-refractivity contribution is 7.47. The minimum atomic E-state index is -4.96. The maximum Gasteiger partial charge on any atom is 0.472 e. The smallest absolute Gasteiger partial charge is 0.462 e. The van der Waals surface area contributed by atoms with Gasteiger partial charge in [0.1, 0.15) is 19.3 Å². The molecule has 0 rings (SSSR count). The van der Waals surface area contributed by atoms with E-state index in [1.807, 2.05) is 0 Å². The molecule has 0 radical (unpaired) electrons. The summed E-state index contributed by atoms with van der Waals surface area (Å²) >= 11 is 0. The van der Waals surface area contributed by atoms with E-state index in [9.17, 15) is 43.2 Å². The van der Waals surface area contributed by atoms with E-state index in [0.717, 1.165) is 114 Å². The van der Waals surface area contributed by atoms with Crippen molar-refractivity contribution in [1.29, 1.82) is 0 Å². The Labute approximate surface area is 619 Å². The van der Waals surface area contributed by atoms with E-state index >= 15 is 0 Å². The molecule has 600 valence electrons. The van der Waals surface area contributed by atoms with Crippen LogP contribution in [0, 0.1) is 23.7 Å². The van der Waals surface area contributed by atoms with Gasteiger partial charge in [-0.05, 0) is 49.4 Å². The van der Waals surface area contributed by atoms with Crippen LogP contribution in [0.1, 0.15) is 421 Å². The van der Waals surface area contributed by atoms with Crippen molar-refractivity contribution >= 4 is 39.5 Å². The summed E-state index contributed by atoms with van der Waals surface area (Å²) in [5.74, 6) is 0.999. The predicted molar refractivity (Wildman–Crippen MR) is 414 cm³/mol. The topological polar surface area (TPSA) is 237 Å². The number of hydrogen-bond acceptors (Lipinski definition) is 15. The van der Waals surface area contributed by atoms with Crippen LogP contribution in [0.3, 0.4) is 0 Å². The Morgan fingerprint density at radius 3 is 0.703 bits per heavy atom. The predicted octanol–water partition coefficient (Wildman–Crippen LogP) is 24.4. The van der Waals surface area contributed by atoms with Crippen molar-refractivity contribution in [3.05, 3.63) is 0 Å². The lowest BCUT2D eigenvalue weighted by molar-refractivity contribution is -0.161. The van der Waals surface area contributed by atoms with Crippen LogP contribution < -0.4 is 0 Å². The normalized spacial score (nSPS) is 14.3. The van der Waals surface area contributed by atoms with E-state index in [1.165, 1.54) is 225 Å². The molecular weight excluding hydrogens is 1320 g/mol. The van der Waals surface area contributed by atoms with Gasteiger partial charge in [0.2, 0.25) is 0 Å². The number of ether oxygens (including phenoxy) is 4. The largest absolute Gasteiger partial charge is 0.472 e. The van der Waals surface area contributed by atoms with Gasteiger partial charge in [0.15, 0.2) is 12.2 Å². The third kappa shape index (κ3) is 74.7. The molecule has 0 aromatic heterocycles. The molecule has 0 saturated heterocycles. The van der Waals surface area contributed by atoms with Gasteiger partial charge in [-0.3, -0.25) is 37.3 Å². The zero-order valence-electron chi connectivity index (χ0n) is 66.5. The molecule has 6 atom stereocenters. The van der Waals surface area contributed by atoms with Crippen LogP contribution in [0.15, 0.2) is 0 Å². The highest BCUT2D eigenvalue weighted by Gasteiger charge is 2.30. The molecule has 0 fully saturated rings. The molecule has 0 aromatic rings. The molecule has 0 aliphatic carbocycles. The van der Waals surface area contributed by atoms with Crippen molar-refractivity contribution in [3.63, 3.8) is 0 Å². The minimum absolute atomic E-state index is 0.104. The Hall–Kier alpha value is -1.94. The molecule has 0 heterocycles. The first-order valence-electron chi connectivity index (χ1n) is 42.2. The first kappa shape index (κ1) is 99.1. The molecule has 0 amide bonds. The summed E-state index contributed by atoms with van der Waals surface area (Å²) in [6.07, 6.45) is 58.4. The number of unbranched alkanes of at least 4 members (excludes halogenated alkanes) is 44. The molecule has 17 nitrogen and oxygen atoms in total. The molecule has 0 aliphatic heterocycles. The van der Waals surface area contributed by atoms with Gasteiger partial charge < -0.3 is 33.8 Å². The van der Waals surface area contributed by atoms with E-state index in [0.29, 0.717) is 25.7 Å². The molecule has 101 heavy (non-hydrogen) atoms. The third-order valence-corrected chi connectivity index (χ3v) is 21.3. The summed E-state index contributed by atoms with van der Waals surface area (Å²) in [5.41, 5.74) is 0. The second-order valence-corrected chi connectivity index (χ2v) is 34.1. The number of hydrogen-bond donors (Lipinski definition) is 3. The molecular formula is C82H160O17P2. The van der Waals surface area contributed by atoms with Crippen LogP contribution in [0.2, 0.25) is 0 Å². The Morgan fingerprint density at radius 2 is 0.475 bits per heavy atom. The fourth-order valence-electron chi connectivity index (χ4n) is 12.6. The van der Waals surface area contributed by atoms with E-state index in [4.69, 9.17) is 37.0 Å². The second-order valence-electron chi connectivity index (χ2n) is 31.2. The lowest BCUT2D eigenvalue weighted by Gasteiger charge is -2.21. The van der Waals surface area contributed by atoms with Crippen molar-refractivity contribution in [1.82, 2.24) is 0 Å².